The topological polar surface area (TPSA) is 64.6 Å². The van der Waals surface area contributed by atoms with Crippen LogP contribution >= 0.6 is 0 Å². The lowest BCUT2D eigenvalue weighted by Gasteiger charge is -1.98. The maximum absolute atomic E-state index is 4.19. The summed E-state index contributed by atoms with van der Waals surface area (Å²) in [6.07, 6.45) is 3.74. The summed E-state index contributed by atoms with van der Waals surface area (Å²) in [6, 6.07) is 8.14. The van der Waals surface area contributed by atoms with Crippen LogP contribution in [-0.2, 0) is 0 Å². The molecule has 1 aromatic heterocycles. The number of benzene rings is 1. The smallest absolute Gasteiger partial charge is 0.212 e. The van der Waals surface area contributed by atoms with Crippen molar-refractivity contribution in [1.29, 1.82) is 0 Å². The highest BCUT2D eigenvalue weighted by atomic mass is 15.4. The first-order chi connectivity index (χ1) is 8.43. The van der Waals surface area contributed by atoms with Crippen molar-refractivity contribution < 1.29 is 0 Å². The van der Waals surface area contributed by atoms with Crippen LogP contribution in [-0.4, -0.2) is 30.2 Å². The number of nitrogens with zero attached hydrogens (tertiary/aromatic N) is 2. The molecule has 17 heavy (non-hydrogen) atoms. The Kier molecular flexibility index (Phi) is 2.50. The van der Waals surface area contributed by atoms with E-state index in [-0.39, 0.29) is 0 Å². The Bertz CT molecular complexity index is 581. The third-order valence-corrected chi connectivity index (χ3v) is 2.67. The van der Waals surface area contributed by atoms with E-state index in [1.807, 2.05) is 24.4 Å². The largest absolute Gasteiger partial charge is 0.361 e. The van der Waals surface area contributed by atoms with Gasteiger partial charge >= 0.3 is 0 Å². The first-order valence-corrected chi connectivity index (χ1v) is 5.57. The lowest BCUT2D eigenvalue weighted by Crippen LogP contribution is -2.30. The first-order valence-electron chi connectivity index (χ1n) is 5.57. The normalized spacial score (nSPS) is 15.2. The van der Waals surface area contributed by atoms with Crippen molar-refractivity contribution in [3.05, 3.63) is 36.0 Å². The maximum Gasteiger partial charge on any atom is 0.212 e. The van der Waals surface area contributed by atoms with Gasteiger partial charge in [-0.1, -0.05) is 18.2 Å². The highest BCUT2D eigenvalue weighted by molar-refractivity contribution is 5.99. The lowest BCUT2D eigenvalue weighted by molar-refractivity contribution is 0.920. The minimum atomic E-state index is 0.737. The van der Waals surface area contributed by atoms with E-state index in [0.29, 0.717) is 0 Å². The average Bonchev–Trinajstić information content (AvgIpc) is 2.99. The number of hydrogen-bond donors (Lipinski definition) is 3. The molecule has 5 nitrogen and oxygen atoms in total. The van der Waals surface area contributed by atoms with Crippen molar-refractivity contribution in [3.63, 3.8) is 0 Å². The Morgan fingerprint density at radius 1 is 1.35 bits per heavy atom. The molecule has 86 valence electrons. The van der Waals surface area contributed by atoms with E-state index in [1.54, 1.807) is 6.21 Å². The maximum atomic E-state index is 4.19. The highest BCUT2D eigenvalue weighted by Crippen LogP contribution is 2.15. The Balaban J connectivity index is 1.78. The van der Waals surface area contributed by atoms with Crippen LogP contribution in [0.2, 0.25) is 0 Å². The van der Waals surface area contributed by atoms with Gasteiger partial charge in [-0.25, -0.2) is 10.4 Å². The second kappa shape index (κ2) is 4.29. The molecular formula is C12H13N5. The van der Waals surface area contributed by atoms with Gasteiger partial charge in [0, 0.05) is 29.2 Å². The number of hydrogen-bond acceptors (Lipinski definition) is 4. The third-order valence-electron chi connectivity index (χ3n) is 2.67. The van der Waals surface area contributed by atoms with Gasteiger partial charge < -0.3 is 10.3 Å². The zero-order valence-corrected chi connectivity index (χ0v) is 9.27. The summed E-state index contributed by atoms with van der Waals surface area (Å²) >= 11 is 0. The molecule has 3 rings (SSSR count). The number of rotatable bonds is 2. The molecule has 2 aromatic rings. The van der Waals surface area contributed by atoms with Gasteiger partial charge in [-0.05, 0) is 6.07 Å². The van der Waals surface area contributed by atoms with Gasteiger partial charge in [0.25, 0.3) is 0 Å². The van der Waals surface area contributed by atoms with Crippen molar-refractivity contribution in [2.45, 2.75) is 0 Å². The summed E-state index contributed by atoms with van der Waals surface area (Å²) in [5.74, 6) is 0.737. The minimum absolute atomic E-state index is 0.737. The molecule has 1 aliphatic rings. The van der Waals surface area contributed by atoms with Crippen LogP contribution in [0.5, 0.6) is 0 Å². The number of fused-ring (bicyclic) bond motifs is 1. The second-order valence-electron chi connectivity index (χ2n) is 3.82. The standard InChI is InChI=1S/C12H13N5/c1-2-4-11-10(3-1)9(7-15-11)8-16-17-12-13-5-6-14-12/h1-4,7-8,15H,5-6H2,(H2,13,14,17)/b16-8-. The van der Waals surface area contributed by atoms with Crippen LogP contribution in [0.15, 0.2) is 40.6 Å². The molecule has 0 fully saturated rings. The molecule has 0 atom stereocenters. The number of aromatic amines is 1. The van der Waals surface area contributed by atoms with E-state index in [2.05, 4.69) is 31.9 Å². The van der Waals surface area contributed by atoms with Crippen LogP contribution in [0.1, 0.15) is 5.56 Å². The molecule has 0 aliphatic carbocycles. The summed E-state index contributed by atoms with van der Waals surface area (Å²) in [6.45, 7) is 1.69. The third kappa shape index (κ3) is 1.99. The molecular weight excluding hydrogens is 214 g/mol. The Hall–Kier alpha value is -2.30. The quantitative estimate of drug-likeness (QED) is 0.530. The van der Waals surface area contributed by atoms with E-state index in [4.69, 9.17) is 0 Å². The van der Waals surface area contributed by atoms with E-state index in [9.17, 15) is 0 Å². The number of aromatic nitrogens is 1. The van der Waals surface area contributed by atoms with Crippen LogP contribution in [0.4, 0.5) is 0 Å². The predicted molar refractivity (Wildman–Crippen MR) is 69.3 cm³/mol. The molecule has 0 bridgehead atoms. The molecule has 0 spiro atoms. The Labute approximate surface area is 98.6 Å². The number of hydrazone groups is 1. The van der Waals surface area contributed by atoms with E-state index < -0.39 is 0 Å². The molecule has 0 saturated carbocycles. The summed E-state index contributed by atoms with van der Waals surface area (Å²) in [5, 5.41) is 8.41. The summed E-state index contributed by atoms with van der Waals surface area (Å²) in [5.41, 5.74) is 5.06. The van der Waals surface area contributed by atoms with Gasteiger partial charge in [-0.2, -0.15) is 5.10 Å². The predicted octanol–water partition coefficient (Wildman–Crippen LogP) is 1.05. The van der Waals surface area contributed by atoms with Crippen LogP contribution in [0.25, 0.3) is 10.9 Å². The molecule has 1 aliphatic heterocycles. The second-order valence-corrected chi connectivity index (χ2v) is 3.82. The Morgan fingerprint density at radius 2 is 2.29 bits per heavy atom. The number of H-pyrrole nitrogens is 1. The van der Waals surface area contributed by atoms with Gasteiger partial charge in [0.15, 0.2) is 0 Å². The SMILES string of the molecule is C(=N/NC1=NCCN1)/c1c[nH]c2ccccc12. The zero-order valence-electron chi connectivity index (χ0n) is 9.27. The molecule has 0 unspecified atom stereocenters. The fourth-order valence-corrected chi connectivity index (χ4v) is 1.84. The monoisotopic (exact) mass is 227 g/mol. The highest BCUT2D eigenvalue weighted by Gasteiger charge is 2.02. The summed E-state index contributed by atoms with van der Waals surface area (Å²) in [7, 11) is 0. The van der Waals surface area contributed by atoms with E-state index >= 15 is 0 Å². The number of guanidine groups is 1. The van der Waals surface area contributed by atoms with Crippen molar-refractivity contribution in [2.24, 2.45) is 10.1 Å². The fourth-order valence-electron chi connectivity index (χ4n) is 1.84. The van der Waals surface area contributed by atoms with Gasteiger partial charge in [-0.3, -0.25) is 0 Å². The van der Waals surface area contributed by atoms with Gasteiger partial charge in [0.05, 0.1) is 12.8 Å². The van der Waals surface area contributed by atoms with E-state index in [1.165, 1.54) is 5.39 Å². The molecule has 0 amide bonds. The number of aliphatic imine (C=N–C) groups is 1. The van der Waals surface area contributed by atoms with Crippen LogP contribution in [0.3, 0.4) is 0 Å². The minimum Gasteiger partial charge on any atom is -0.361 e. The van der Waals surface area contributed by atoms with Gasteiger partial charge in [-0.15, -0.1) is 0 Å². The fraction of sp³-hybridized carbons (Fsp3) is 0.167. The molecule has 0 radical (unpaired) electrons. The van der Waals surface area contributed by atoms with Crippen LogP contribution < -0.4 is 10.7 Å². The van der Waals surface area contributed by atoms with Gasteiger partial charge in [0.2, 0.25) is 5.96 Å². The number of para-hydroxylation sites is 1. The van der Waals surface area contributed by atoms with E-state index in [0.717, 1.165) is 30.1 Å². The molecule has 0 saturated heterocycles. The summed E-state index contributed by atoms with van der Waals surface area (Å²) in [4.78, 5) is 7.39. The lowest BCUT2D eigenvalue weighted by atomic mass is 10.2. The molecule has 2 heterocycles. The van der Waals surface area contributed by atoms with Gasteiger partial charge in [0.1, 0.15) is 0 Å². The molecule has 1 aromatic carbocycles. The number of nitrogens with one attached hydrogen (secondary N) is 3. The van der Waals surface area contributed by atoms with Crippen molar-refractivity contribution in [1.82, 2.24) is 15.7 Å². The zero-order chi connectivity index (χ0) is 11.5. The van der Waals surface area contributed by atoms with Crippen molar-refractivity contribution in [2.75, 3.05) is 13.1 Å². The first kappa shape index (κ1) is 9.89. The van der Waals surface area contributed by atoms with Crippen molar-refractivity contribution >= 4 is 23.1 Å². The molecule has 3 N–H and O–H groups in total. The average molecular weight is 227 g/mol. The summed E-state index contributed by atoms with van der Waals surface area (Å²) < 4.78 is 0. The Morgan fingerprint density at radius 3 is 3.18 bits per heavy atom. The van der Waals surface area contributed by atoms with Crippen LogP contribution in [0, 0.1) is 0 Å². The van der Waals surface area contributed by atoms with Crippen molar-refractivity contribution in [3.8, 4) is 0 Å². The molecule has 5 heteroatoms.